The Hall–Kier alpha value is -4.06. The molecule has 0 aliphatic carbocycles. The lowest BCUT2D eigenvalue weighted by molar-refractivity contribution is -0.293. The van der Waals surface area contributed by atoms with Crippen LogP contribution < -0.4 is 28.4 Å². The number of halogens is 18. The zero-order valence-electron chi connectivity index (χ0n) is 19.6. The maximum Gasteiger partial charge on any atom is 0.573 e. The highest BCUT2D eigenvalue weighted by molar-refractivity contribution is 5.62. The predicted octanol–water partition coefficient (Wildman–Crippen LogP) is 8.16. The molecule has 0 aromatic heterocycles. The van der Waals surface area contributed by atoms with Crippen LogP contribution in [0.5, 0.6) is 34.5 Å². The number of benzene rings is 2. The summed E-state index contributed by atoms with van der Waals surface area (Å²) in [4.78, 5) is 0. The minimum Gasteiger partial charge on any atom is -0.402 e. The fraction of sp³-hybridized carbons (Fsp3) is 0.368. The van der Waals surface area contributed by atoms with Crippen LogP contribution in [0.1, 0.15) is 17.2 Å². The maximum atomic E-state index is 13.1. The molecule has 2 aromatic carbocycles. The molecule has 7 nitrogen and oxygen atoms in total. The van der Waals surface area contributed by atoms with Gasteiger partial charge < -0.3 is 33.5 Å². The van der Waals surface area contributed by atoms with Gasteiger partial charge in [-0.25, -0.2) is 0 Å². The normalized spacial score (nSPS) is 13.5. The van der Waals surface area contributed by atoms with Crippen LogP contribution >= 0.6 is 0 Å². The Labute approximate surface area is 227 Å². The largest absolute Gasteiger partial charge is 0.573 e. The lowest BCUT2D eigenvalue weighted by Gasteiger charge is -2.26. The monoisotopic (exact) mass is 688 g/mol. The second-order valence-corrected chi connectivity index (χ2v) is 7.31. The van der Waals surface area contributed by atoms with Gasteiger partial charge >= 0.3 is 38.2 Å². The van der Waals surface area contributed by atoms with Gasteiger partial charge in [0.2, 0.25) is 11.5 Å². The van der Waals surface area contributed by atoms with E-state index >= 15 is 0 Å². The summed E-state index contributed by atoms with van der Waals surface area (Å²) in [6, 6.07) is -1.07. The predicted molar refractivity (Wildman–Crippen MR) is 97.0 cm³/mol. The van der Waals surface area contributed by atoms with E-state index in [-0.39, 0.29) is 24.3 Å². The molecule has 2 aromatic rings. The first-order valence-electron chi connectivity index (χ1n) is 10.0. The van der Waals surface area contributed by atoms with Crippen LogP contribution in [-0.4, -0.2) is 43.3 Å². The molecule has 25 heteroatoms. The van der Waals surface area contributed by atoms with Crippen molar-refractivity contribution in [3.63, 3.8) is 0 Å². The van der Waals surface area contributed by atoms with Gasteiger partial charge in [0, 0.05) is 11.1 Å². The molecular formula is C19H6F18O7. The molecule has 0 amide bonds. The molecule has 0 fully saturated rings. The van der Waals surface area contributed by atoms with Crippen LogP contribution in [-0.2, 0) is 0 Å². The second kappa shape index (κ2) is 11.8. The van der Waals surface area contributed by atoms with E-state index in [2.05, 4.69) is 28.4 Å². The number of rotatable bonds is 8. The summed E-state index contributed by atoms with van der Waals surface area (Å²) in [6.07, 6.45) is -40.2. The van der Waals surface area contributed by atoms with Crippen molar-refractivity contribution in [2.24, 2.45) is 0 Å². The van der Waals surface area contributed by atoms with E-state index in [1.54, 1.807) is 0 Å². The molecule has 0 unspecified atom stereocenters. The summed E-state index contributed by atoms with van der Waals surface area (Å²) < 4.78 is 251. The quantitative estimate of drug-likeness (QED) is 0.281. The van der Waals surface area contributed by atoms with Crippen molar-refractivity contribution in [3.05, 3.63) is 35.4 Å². The van der Waals surface area contributed by atoms with Gasteiger partial charge in [-0.3, -0.25) is 0 Å². The van der Waals surface area contributed by atoms with Crippen molar-refractivity contribution in [3.8, 4) is 34.5 Å². The fourth-order valence-electron chi connectivity index (χ4n) is 2.99. The van der Waals surface area contributed by atoms with Gasteiger partial charge in [-0.1, -0.05) is 0 Å². The maximum absolute atomic E-state index is 13.1. The Bertz CT molecular complexity index is 1210. The summed E-state index contributed by atoms with van der Waals surface area (Å²) >= 11 is 0. The third-order valence-electron chi connectivity index (χ3n) is 4.12. The van der Waals surface area contributed by atoms with Gasteiger partial charge in [0.15, 0.2) is 23.0 Å². The summed E-state index contributed by atoms with van der Waals surface area (Å²) in [5, 5.41) is 10.5. The fourth-order valence-corrected chi connectivity index (χ4v) is 2.99. The second-order valence-electron chi connectivity index (χ2n) is 7.31. The molecule has 250 valence electrons. The zero-order chi connectivity index (χ0) is 34.3. The lowest BCUT2D eigenvalue weighted by atomic mass is 9.98. The van der Waals surface area contributed by atoms with Gasteiger partial charge in [-0.05, 0) is 24.3 Å². The van der Waals surface area contributed by atoms with Crippen molar-refractivity contribution in [1.82, 2.24) is 0 Å². The van der Waals surface area contributed by atoms with E-state index in [0.29, 0.717) is 0 Å². The third kappa shape index (κ3) is 11.2. The van der Waals surface area contributed by atoms with Crippen LogP contribution in [0.25, 0.3) is 0 Å². The minimum absolute atomic E-state index is 0.224. The first kappa shape index (κ1) is 36.1. The van der Waals surface area contributed by atoms with Crippen molar-refractivity contribution in [1.29, 1.82) is 0 Å². The van der Waals surface area contributed by atoms with Crippen molar-refractivity contribution < 1.29 is 113 Å². The van der Waals surface area contributed by atoms with E-state index in [1.165, 1.54) is 0 Å². The molecule has 0 heterocycles. The summed E-state index contributed by atoms with van der Waals surface area (Å²) in [6.45, 7) is 0. The minimum atomic E-state index is -6.21. The van der Waals surface area contributed by atoms with Crippen LogP contribution in [0.15, 0.2) is 24.3 Å². The molecule has 0 aliphatic heterocycles. The first-order valence-corrected chi connectivity index (χ1v) is 10.0. The van der Waals surface area contributed by atoms with Gasteiger partial charge in [0.1, 0.15) is 6.10 Å². The van der Waals surface area contributed by atoms with Gasteiger partial charge in [0.05, 0.1) is 0 Å². The standard InChI is InChI=1S/C19H6F18O7/c20-14(21,22)39-7-3-1-5(10(41-16(26,27)28)12(7)43-18(32,33)34)9(38)6-2-4-8(40-15(23,24)25)13(44-19(35,36)37)11(6)42-17(29,30)31/h1-4,9,38H. The lowest BCUT2D eigenvalue weighted by Crippen LogP contribution is -2.26. The number of aliphatic hydroxyl groups is 1. The Balaban J connectivity index is 3.01. The molecule has 0 atom stereocenters. The van der Waals surface area contributed by atoms with E-state index < -0.39 is 89.9 Å². The molecule has 0 radical (unpaired) electrons. The van der Waals surface area contributed by atoms with Crippen molar-refractivity contribution in [2.75, 3.05) is 0 Å². The molecular weight excluding hydrogens is 682 g/mol. The van der Waals surface area contributed by atoms with Crippen LogP contribution in [0.2, 0.25) is 0 Å². The molecule has 0 spiro atoms. The highest BCUT2D eigenvalue weighted by atomic mass is 19.4. The summed E-state index contributed by atoms with van der Waals surface area (Å²) in [7, 11) is 0. The molecule has 2 rings (SSSR count). The number of hydrogen-bond acceptors (Lipinski definition) is 7. The Kier molecular flexibility index (Phi) is 9.69. The van der Waals surface area contributed by atoms with E-state index in [0.717, 1.165) is 0 Å². The highest BCUT2D eigenvalue weighted by Gasteiger charge is 2.45. The van der Waals surface area contributed by atoms with Crippen LogP contribution in [0, 0.1) is 0 Å². The molecule has 0 saturated carbocycles. The first-order chi connectivity index (χ1) is 19.4. The zero-order valence-corrected chi connectivity index (χ0v) is 19.6. The third-order valence-corrected chi connectivity index (χ3v) is 4.12. The Morgan fingerprint density at radius 2 is 0.591 bits per heavy atom. The van der Waals surface area contributed by atoms with Gasteiger partial charge in [0.25, 0.3) is 0 Å². The van der Waals surface area contributed by atoms with E-state index in [9.17, 15) is 84.1 Å². The number of ether oxygens (including phenoxy) is 6. The van der Waals surface area contributed by atoms with Gasteiger partial charge in [-0.2, -0.15) is 0 Å². The average molecular weight is 688 g/mol. The Morgan fingerprint density at radius 3 is 0.818 bits per heavy atom. The molecule has 1 N–H and O–H groups in total. The smallest absolute Gasteiger partial charge is 0.402 e. The SMILES string of the molecule is OC(c1ccc(OC(F)(F)F)c(OC(F)(F)F)c1OC(F)(F)F)c1ccc(OC(F)(F)F)c(OC(F)(F)F)c1OC(F)(F)F. The number of aliphatic hydroxyl groups excluding tert-OH is 1. The molecule has 44 heavy (non-hydrogen) atoms. The molecule has 0 aliphatic rings. The summed E-state index contributed by atoms with van der Waals surface area (Å²) in [5.41, 5.74) is -3.91. The number of alkyl halides is 18. The highest BCUT2D eigenvalue weighted by Crippen LogP contribution is 2.53. The molecule has 0 bridgehead atoms. The molecule has 0 saturated heterocycles. The average Bonchev–Trinajstić information content (AvgIpc) is 2.72. The van der Waals surface area contributed by atoms with Crippen LogP contribution in [0.3, 0.4) is 0 Å². The van der Waals surface area contributed by atoms with E-state index in [4.69, 9.17) is 0 Å². The number of hydrogen-bond donors (Lipinski definition) is 1. The van der Waals surface area contributed by atoms with Crippen molar-refractivity contribution in [2.45, 2.75) is 44.3 Å². The summed E-state index contributed by atoms with van der Waals surface area (Å²) in [5.74, 6) is -15.2. The van der Waals surface area contributed by atoms with E-state index in [1.807, 2.05) is 0 Å². The van der Waals surface area contributed by atoms with Gasteiger partial charge in [-0.15, -0.1) is 79.0 Å². The van der Waals surface area contributed by atoms with Crippen molar-refractivity contribution >= 4 is 0 Å². The van der Waals surface area contributed by atoms with Crippen LogP contribution in [0.4, 0.5) is 79.0 Å². The topological polar surface area (TPSA) is 75.6 Å². The Morgan fingerprint density at radius 1 is 0.364 bits per heavy atom.